The molecule has 184 valence electrons. The van der Waals surface area contributed by atoms with Gasteiger partial charge in [-0.25, -0.2) is 9.18 Å². The second-order valence-electron chi connectivity index (χ2n) is 9.03. The van der Waals surface area contributed by atoms with Crippen LogP contribution >= 0.6 is 0 Å². The van der Waals surface area contributed by atoms with E-state index in [-0.39, 0.29) is 41.0 Å². The maximum absolute atomic E-state index is 15.3. The van der Waals surface area contributed by atoms with Crippen LogP contribution in [0, 0.1) is 5.82 Å². The van der Waals surface area contributed by atoms with Gasteiger partial charge < -0.3 is 10.1 Å². The average Bonchev–Trinajstić information content (AvgIpc) is 3.04. The molecule has 2 aromatic rings. The number of halogens is 1. The van der Waals surface area contributed by atoms with Crippen molar-refractivity contribution in [2.75, 3.05) is 0 Å². The molecule has 2 rings (SSSR count). The molecule has 0 aliphatic heterocycles. The van der Waals surface area contributed by atoms with Gasteiger partial charge in [0.25, 0.3) is 5.91 Å². The van der Waals surface area contributed by atoms with Gasteiger partial charge in [0.1, 0.15) is 23.1 Å². The number of carbonyl (C=O) groups is 1. The van der Waals surface area contributed by atoms with Crippen LogP contribution in [-0.2, 0) is 7.05 Å². The van der Waals surface area contributed by atoms with Gasteiger partial charge in [-0.3, -0.25) is 9.36 Å². The van der Waals surface area contributed by atoms with E-state index in [0.29, 0.717) is 5.82 Å². The van der Waals surface area contributed by atoms with Crippen molar-refractivity contribution >= 4 is 5.91 Å². The van der Waals surface area contributed by atoms with E-state index in [1.54, 1.807) is 7.05 Å². The second kappa shape index (κ2) is 12.0. The highest BCUT2D eigenvalue weighted by molar-refractivity contribution is 5.97. The molecule has 0 aliphatic rings. The van der Waals surface area contributed by atoms with Crippen LogP contribution in [0.5, 0.6) is 5.75 Å². The second-order valence-corrected chi connectivity index (χ2v) is 9.03. The Kier molecular flexibility index (Phi) is 9.68. The Morgan fingerprint density at radius 1 is 1.09 bits per heavy atom. The van der Waals surface area contributed by atoms with Crippen LogP contribution < -0.4 is 15.7 Å². The molecular weight excluding hydrogens is 423 g/mol. The quantitative estimate of drug-likeness (QED) is 0.476. The number of rotatable bonds is 12. The number of carbonyl (C=O) groups excluding carboxylic acids is 1. The number of hydrogen-bond acceptors (Lipinski definition) is 4. The zero-order valence-electron chi connectivity index (χ0n) is 21.1. The highest BCUT2D eigenvalue weighted by Gasteiger charge is 2.24. The summed E-state index contributed by atoms with van der Waals surface area (Å²) >= 11 is 0. The van der Waals surface area contributed by atoms with Crippen LogP contribution in [0.15, 0.2) is 16.9 Å². The minimum Gasteiger partial charge on any atom is -0.490 e. The topological polar surface area (TPSA) is 78.2 Å². The van der Waals surface area contributed by atoms with Crippen molar-refractivity contribution in [3.8, 4) is 11.4 Å². The lowest BCUT2D eigenvalue weighted by Crippen LogP contribution is -2.35. The highest BCUT2D eigenvalue weighted by atomic mass is 19.1. The standard InChI is InChI=1S/C25H39FN4O3/c1-8-11-17(6)33-22-15-21(30-25(32)29(7)23(28-30)16(4)5)20(26)14-19(22)24(31)27-18(12-9-2)13-10-3/h14-18H,8-13H2,1-7H3,(H,27,31). The van der Waals surface area contributed by atoms with Gasteiger partial charge in [-0.15, -0.1) is 5.10 Å². The third-order valence-corrected chi connectivity index (χ3v) is 5.69. The fraction of sp³-hybridized carbons (Fsp3) is 0.640. The van der Waals surface area contributed by atoms with Crippen LogP contribution in [0.25, 0.3) is 5.69 Å². The first-order chi connectivity index (χ1) is 15.6. The Hall–Kier alpha value is -2.64. The molecule has 0 saturated heterocycles. The molecule has 8 heteroatoms. The van der Waals surface area contributed by atoms with Gasteiger partial charge in [-0.1, -0.05) is 53.9 Å². The van der Waals surface area contributed by atoms with E-state index in [2.05, 4.69) is 24.3 Å². The summed E-state index contributed by atoms with van der Waals surface area (Å²) in [6.07, 6.45) is 5.10. The molecule has 1 heterocycles. The van der Waals surface area contributed by atoms with Crippen molar-refractivity contribution in [1.29, 1.82) is 0 Å². The number of amides is 1. The van der Waals surface area contributed by atoms with Gasteiger partial charge in [0.2, 0.25) is 0 Å². The number of benzene rings is 1. The first kappa shape index (κ1) is 26.6. The molecule has 1 atom stereocenters. The summed E-state index contributed by atoms with van der Waals surface area (Å²) in [7, 11) is 1.61. The maximum Gasteiger partial charge on any atom is 0.350 e. The summed E-state index contributed by atoms with van der Waals surface area (Å²) in [4.78, 5) is 25.9. The van der Waals surface area contributed by atoms with Crippen LogP contribution in [0.2, 0.25) is 0 Å². The number of aromatic nitrogens is 3. The summed E-state index contributed by atoms with van der Waals surface area (Å²) in [5.41, 5.74) is -0.353. The summed E-state index contributed by atoms with van der Waals surface area (Å²) in [6, 6.07) is 2.59. The molecule has 0 aliphatic carbocycles. The van der Waals surface area contributed by atoms with Crippen LogP contribution in [0.1, 0.15) is 102 Å². The molecule has 1 aromatic carbocycles. The lowest BCUT2D eigenvalue weighted by molar-refractivity contribution is 0.0925. The average molecular weight is 463 g/mol. The van der Waals surface area contributed by atoms with E-state index in [9.17, 15) is 9.59 Å². The minimum absolute atomic E-state index is 0.00794. The van der Waals surface area contributed by atoms with Crippen molar-refractivity contribution in [2.45, 2.75) is 98.1 Å². The molecule has 1 unspecified atom stereocenters. The van der Waals surface area contributed by atoms with Crippen LogP contribution in [-0.4, -0.2) is 32.4 Å². The molecule has 1 amide bonds. The molecule has 1 N–H and O–H groups in total. The van der Waals surface area contributed by atoms with E-state index in [1.165, 1.54) is 10.6 Å². The van der Waals surface area contributed by atoms with Gasteiger partial charge in [0.15, 0.2) is 0 Å². The van der Waals surface area contributed by atoms with E-state index in [0.717, 1.165) is 49.3 Å². The van der Waals surface area contributed by atoms with Crippen molar-refractivity contribution in [2.24, 2.45) is 7.05 Å². The number of nitrogens with zero attached hydrogens (tertiary/aromatic N) is 3. The van der Waals surface area contributed by atoms with E-state index in [4.69, 9.17) is 4.74 Å². The molecule has 1 aromatic heterocycles. The monoisotopic (exact) mass is 462 g/mol. The zero-order valence-corrected chi connectivity index (χ0v) is 21.1. The lowest BCUT2D eigenvalue weighted by atomic mass is 10.1. The van der Waals surface area contributed by atoms with Crippen LogP contribution in [0.4, 0.5) is 4.39 Å². The van der Waals surface area contributed by atoms with Gasteiger partial charge in [-0.2, -0.15) is 4.68 Å². The van der Waals surface area contributed by atoms with E-state index in [1.807, 2.05) is 27.7 Å². The Morgan fingerprint density at radius 2 is 1.70 bits per heavy atom. The first-order valence-corrected chi connectivity index (χ1v) is 12.1. The van der Waals surface area contributed by atoms with Crippen molar-refractivity contribution in [3.05, 3.63) is 39.8 Å². The third kappa shape index (κ3) is 6.45. The van der Waals surface area contributed by atoms with Gasteiger partial charge in [0, 0.05) is 25.1 Å². The fourth-order valence-electron chi connectivity index (χ4n) is 4.02. The number of nitrogens with one attached hydrogen (secondary N) is 1. The first-order valence-electron chi connectivity index (χ1n) is 12.1. The largest absolute Gasteiger partial charge is 0.490 e. The van der Waals surface area contributed by atoms with E-state index < -0.39 is 11.5 Å². The van der Waals surface area contributed by atoms with Crippen molar-refractivity contribution in [3.63, 3.8) is 0 Å². The predicted molar refractivity (Wildman–Crippen MR) is 129 cm³/mol. The molecule has 0 saturated carbocycles. The third-order valence-electron chi connectivity index (χ3n) is 5.69. The van der Waals surface area contributed by atoms with Gasteiger partial charge in [-0.05, 0) is 32.3 Å². The van der Waals surface area contributed by atoms with Crippen molar-refractivity contribution in [1.82, 2.24) is 19.7 Å². The summed E-state index contributed by atoms with van der Waals surface area (Å²) < 4.78 is 23.8. The SMILES string of the molecule is CCCC(CCC)NC(=O)c1cc(F)c(-n2nc(C(C)C)n(C)c2=O)cc1OC(C)CCC. The Bertz CT molecular complexity index is 990. The summed E-state index contributed by atoms with van der Waals surface area (Å²) in [6.45, 7) is 11.9. The van der Waals surface area contributed by atoms with Crippen LogP contribution in [0.3, 0.4) is 0 Å². The number of hydrogen-bond donors (Lipinski definition) is 1. The maximum atomic E-state index is 15.3. The number of ether oxygens (including phenoxy) is 1. The highest BCUT2D eigenvalue weighted by Crippen LogP contribution is 2.27. The summed E-state index contributed by atoms with van der Waals surface area (Å²) in [5.74, 6) is -0.285. The molecule has 0 spiro atoms. The Labute approximate surface area is 196 Å². The van der Waals surface area contributed by atoms with E-state index >= 15 is 4.39 Å². The molecule has 33 heavy (non-hydrogen) atoms. The lowest BCUT2D eigenvalue weighted by Gasteiger charge is -2.21. The fourth-order valence-corrected chi connectivity index (χ4v) is 4.02. The molecule has 0 fully saturated rings. The smallest absolute Gasteiger partial charge is 0.350 e. The predicted octanol–water partition coefficient (Wildman–Crippen LogP) is 5.10. The zero-order chi connectivity index (χ0) is 24.7. The van der Waals surface area contributed by atoms with Crippen molar-refractivity contribution < 1.29 is 13.9 Å². The van der Waals surface area contributed by atoms with Gasteiger partial charge in [0.05, 0.1) is 11.7 Å². The molecular formula is C25H39FN4O3. The molecule has 0 bridgehead atoms. The van der Waals surface area contributed by atoms with Gasteiger partial charge >= 0.3 is 5.69 Å². The Balaban J connectivity index is 2.56. The summed E-state index contributed by atoms with van der Waals surface area (Å²) in [5, 5.41) is 7.37. The minimum atomic E-state index is -0.700. The Morgan fingerprint density at radius 3 is 2.21 bits per heavy atom. The normalized spacial score (nSPS) is 12.4. The molecule has 7 nitrogen and oxygen atoms in total. The molecule has 0 radical (unpaired) electrons.